The standard InChI is InChI=1S/C19H23N5O2/c1-15(25)22-17-4-6-18(7-5-17)23-9-11-24(12-10-23)19(26)21-14-16-3-2-8-20-13-16/h2-8,13H,9-12,14H2,1H3,(H,21,26)(H,22,25). The van der Waals surface area contributed by atoms with Gasteiger partial charge in [-0.05, 0) is 35.9 Å². The van der Waals surface area contributed by atoms with E-state index in [0.29, 0.717) is 19.6 Å². The van der Waals surface area contributed by atoms with E-state index in [1.54, 1.807) is 12.4 Å². The molecule has 26 heavy (non-hydrogen) atoms. The van der Waals surface area contributed by atoms with Crippen molar-refractivity contribution < 1.29 is 9.59 Å². The molecular weight excluding hydrogens is 330 g/mol. The summed E-state index contributed by atoms with van der Waals surface area (Å²) >= 11 is 0. The fourth-order valence-electron chi connectivity index (χ4n) is 2.92. The summed E-state index contributed by atoms with van der Waals surface area (Å²) in [6.07, 6.45) is 3.47. The van der Waals surface area contributed by atoms with Crippen LogP contribution < -0.4 is 15.5 Å². The van der Waals surface area contributed by atoms with Crippen LogP contribution in [0.2, 0.25) is 0 Å². The highest BCUT2D eigenvalue weighted by Gasteiger charge is 2.21. The number of anilines is 2. The van der Waals surface area contributed by atoms with Gasteiger partial charge in [0.1, 0.15) is 0 Å². The summed E-state index contributed by atoms with van der Waals surface area (Å²) in [5.74, 6) is -0.0799. The minimum atomic E-state index is -0.0799. The number of aromatic nitrogens is 1. The van der Waals surface area contributed by atoms with Crippen LogP contribution in [-0.2, 0) is 11.3 Å². The van der Waals surface area contributed by atoms with E-state index in [2.05, 4.69) is 20.5 Å². The number of hydrogen-bond donors (Lipinski definition) is 2. The quantitative estimate of drug-likeness (QED) is 0.882. The fraction of sp³-hybridized carbons (Fsp3) is 0.316. The Morgan fingerprint density at radius 3 is 2.42 bits per heavy atom. The second-order valence-electron chi connectivity index (χ2n) is 6.22. The van der Waals surface area contributed by atoms with Crippen LogP contribution >= 0.6 is 0 Å². The number of urea groups is 1. The zero-order chi connectivity index (χ0) is 18.4. The number of hydrogen-bond acceptors (Lipinski definition) is 4. The normalized spacial score (nSPS) is 14.0. The molecule has 1 aromatic carbocycles. The van der Waals surface area contributed by atoms with E-state index < -0.39 is 0 Å². The zero-order valence-corrected chi connectivity index (χ0v) is 14.8. The summed E-state index contributed by atoms with van der Waals surface area (Å²) in [5.41, 5.74) is 2.86. The summed E-state index contributed by atoms with van der Waals surface area (Å²) in [7, 11) is 0. The molecule has 7 heteroatoms. The average Bonchev–Trinajstić information content (AvgIpc) is 2.67. The first-order valence-electron chi connectivity index (χ1n) is 8.66. The number of pyridine rings is 1. The molecule has 0 bridgehead atoms. The van der Waals surface area contributed by atoms with Gasteiger partial charge in [0.25, 0.3) is 0 Å². The lowest BCUT2D eigenvalue weighted by atomic mass is 10.2. The van der Waals surface area contributed by atoms with Crippen molar-refractivity contribution in [2.75, 3.05) is 36.4 Å². The van der Waals surface area contributed by atoms with Gasteiger partial charge in [-0.1, -0.05) is 6.07 Å². The Balaban J connectivity index is 1.47. The SMILES string of the molecule is CC(=O)Nc1ccc(N2CCN(C(=O)NCc3cccnc3)CC2)cc1. The summed E-state index contributed by atoms with van der Waals surface area (Å²) in [6, 6.07) is 11.5. The number of carbonyl (C=O) groups excluding carboxylic acids is 2. The van der Waals surface area contributed by atoms with Gasteiger partial charge >= 0.3 is 6.03 Å². The Morgan fingerprint density at radius 2 is 1.81 bits per heavy atom. The van der Waals surface area contributed by atoms with Crippen LogP contribution in [0.5, 0.6) is 0 Å². The Morgan fingerprint density at radius 1 is 1.08 bits per heavy atom. The molecular formula is C19H23N5O2. The van der Waals surface area contributed by atoms with Crippen molar-refractivity contribution in [2.45, 2.75) is 13.5 Å². The largest absolute Gasteiger partial charge is 0.368 e. The number of rotatable bonds is 4. The average molecular weight is 353 g/mol. The van der Waals surface area contributed by atoms with Gasteiger partial charge in [0.05, 0.1) is 0 Å². The lowest BCUT2D eigenvalue weighted by Crippen LogP contribution is -2.51. The maximum atomic E-state index is 12.3. The predicted octanol–water partition coefficient (Wildman–Crippen LogP) is 2.07. The third-order valence-corrected chi connectivity index (χ3v) is 4.29. The van der Waals surface area contributed by atoms with E-state index in [1.165, 1.54) is 6.92 Å². The van der Waals surface area contributed by atoms with Gasteiger partial charge in [0.15, 0.2) is 0 Å². The molecule has 2 N–H and O–H groups in total. The molecule has 0 radical (unpaired) electrons. The van der Waals surface area contributed by atoms with Crippen LogP contribution in [0.1, 0.15) is 12.5 Å². The number of carbonyl (C=O) groups is 2. The van der Waals surface area contributed by atoms with Crippen molar-refractivity contribution >= 4 is 23.3 Å². The van der Waals surface area contributed by atoms with Crippen LogP contribution in [-0.4, -0.2) is 48.0 Å². The molecule has 1 fully saturated rings. The number of nitrogens with one attached hydrogen (secondary N) is 2. The van der Waals surface area contributed by atoms with E-state index in [4.69, 9.17) is 0 Å². The van der Waals surface area contributed by atoms with E-state index in [0.717, 1.165) is 30.0 Å². The van der Waals surface area contributed by atoms with E-state index in [-0.39, 0.29) is 11.9 Å². The van der Waals surface area contributed by atoms with Crippen molar-refractivity contribution in [1.82, 2.24) is 15.2 Å². The maximum absolute atomic E-state index is 12.3. The number of benzene rings is 1. The van der Waals surface area contributed by atoms with E-state index >= 15 is 0 Å². The van der Waals surface area contributed by atoms with Crippen LogP contribution in [0.25, 0.3) is 0 Å². The maximum Gasteiger partial charge on any atom is 0.317 e. The van der Waals surface area contributed by atoms with Gasteiger partial charge in [-0.15, -0.1) is 0 Å². The summed E-state index contributed by atoms with van der Waals surface area (Å²) in [5, 5.41) is 5.70. The molecule has 1 aromatic heterocycles. The predicted molar refractivity (Wildman–Crippen MR) is 101 cm³/mol. The summed E-state index contributed by atoms with van der Waals surface area (Å²) < 4.78 is 0. The summed E-state index contributed by atoms with van der Waals surface area (Å²) in [4.78, 5) is 31.5. The molecule has 1 aliphatic heterocycles. The van der Waals surface area contributed by atoms with Gasteiger partial charge in [0, 0.05) is 63.4 Å². The topological polar surface area (TPSA) is 77.6 Å². The van der Waals surface area contributed by atoms with Crippen molar-refractivity contribution in [3.8, 4) is 0 Å². The van der Waals surface area contributed by atoms with Crippen LogP contribution in [0.15, 0.2) is 48.8 Å². The van der Waals surface area contributed by atoms with Crippen molar-refractivity contribution in [3.05, 3.63) is 54.4 Å². The first-order valence-corrected chi connectivity index (χ1v) is 8.66. The van der Waals surface area contributed by atoms with Gasteiger partial charge in [-0.2, -0.15) is 0 Å². The smallest absolute Gasteiger partial charge is 0.317 e. The molecule has 0 unspecified atom stereocenters. The second kappa shape index (κ2) is 8.33. The Kier molecular flexibility index (Phi) is 5.68. The fourth-order valence-corrected chi connectivity index (χ4v) is 2.92. The molecule has 0 spiro atoms. The Hall–Kier alpha value is -3.09. The minimum absolute atomic E-state index is 0.0468. The molecule has 0 atom stereocenters. The zero-order valence-electron chi connectivity index (χ0n) is 14.8. The molecule has 3 amide bonds. The highest BCUT2D eigenvalue weighted by atomic mass is 16.2. The number of piperazine rings is 1. The van der Waals surface area contributed by atoms with Crippen molar-refractivity contribution in [1.29, 1.82) is 0 Å². The lowest BCUT2D eigenvalue weighted by Gasteiger charge is -2.36. The molecule has 1 saturated heterocycles. The monoisotopic (exact) mass is 353 g/mol. The van der Waals surface area contributed by atoms with Gasteiger partial charge < -0.3 is 20.4 Å². The number of amides is 3. The highest BCUT2D eigenvalue weighted by Crippen LogP contribution is 2.19. The third-order valence-electron chi connectivity index (χ3n) is 4.29. The molecule has 2 aromatic rings. The van der Waals surface area contributed by atoms with E-state index in [1.807, 2.05) is 41.3 Å². The molecule has 136 valence electrons. The molecule has 0 saturated carbocycles. The first kappa shape index (κ1) is 17.7. The van der Waals surface area contributed by atoms with Gasteiger partial charge in [0.2, 0.25) is 5.91 Å². The first-order chi connectivity index (χ1) is 12.6. The van der Waals surface area contributed by atoms with Crippen molar-refractivity contribution in [3.63, 3.8) is 0 Å². The molecule has 2 heterocycles. The highest BCUT2D eigenvalue weighted by molar-refractivity contribution is 5.88. The third kappa shape index (κ3) is 4.72. The van der Waals surface area contributed by atoms with E-state index in [9.17, 15) is 9.59 Å². The summed E-state index contributed by atoms with van der Waals surface area (Å²) in [6.45, 7) is 4.88. The Labute approximate surface area is 153 Å². The minimum Gasteiger partial charge on any atom is -0.368 e. The lowest BCUT2D eigenvalue weighted by molar-refractivity contribution is -0.114. The van der Waals surface area contributed by atoms with Crippen LogP contribution in [0, 0.1) is 0 Å². The molecule has 1 aliphatic rings. The van der Waals surface area contributed by atoms with Crippen LogP contribution in [0.4, 0.5) is 16.2 Å². The van der Waals surface area contributed by atoms with Crippen LogP contribution in [0.3, 0.4) is 0 Å². The molecule has 7 nitrogen and oxygen atoms in total. The molecule has 0 aliphatic carbocycles. The number of nitrogens with zero attached hydrogens (tertiary/aromatic N) is 3. The second-order valence-corrected chi connectivity index (χ2v) is 6.22. The van der Waals surface area contributed by atoms with Gasteiger partial charge in [-0.25, -0.2) is 4.79 Å². The Bertz CT molecular complexity index is 740. The molecule has 3 rings (SSSR count). The van der Waals surface area contributed by atoms with Crippen molar-refractivity contribution in [2.24, 2.45) is 0 Å². The van der Waals surface area contributed by atoms with Gasteiger partial charge in [-0.3, -0.25) is 9.78 Å².